The maximum atomic E-state index is 13.3. The summed E-state index contributed by atoms with van der Waals surface area (Å²) in [5.41, 5.74) is 1.15. The van der Waals surface area contributed by atoms with Crippen molar-refractivity contribution in [1.82, 2.24) is 9.97 Å². The van der Waals surface area contributed by atoms with Gasteiger partial charge in [-0.15, -0.1) is 22.7 Å². The molecule has 0 aliphatic rings. The largest absolute Gasteiger partial charge is 0.462 e. The van der Waals surface area contributed by atoms with Crippen LogP contribution in [0, 0.1) is 11.6 Å². The number of nitrogens with one attached hydrogen (secondary N) is 1. The molecule has 1 amide bonds. The van der Waals surface area contributed by atoms with Crippen molar-refractivity contribution in [2.45, 2.75) is 12.8 Å². The monoisotopic (exact) mass is 417 g/mol. The van der Waals surface area contributed by atoms with Crippen LogP contribution in [0.2, 0.25) is 0 Å². The third-order valence-corrected chi connectivity index (χ3v) is 5.54. The second kappa shape index (κ2) is 7.99. The highest BCUT2D eigenvalue weighted by Gasteiger charge is 2.13. The van der Waals surface area contributed by atoms with Crippen LogP contribution < -0.4 is 5.32 Å². The Hall–Kier alpha value is -2.91. The number of amides is 1. The first-order valence-corrected chi connectivity index (χ1v) is 9.92. The maximum Gasteiger partial charge on any atom is 0.232 e. The zero-order valence-electron chi connectivity index (χ0n) is 14.3. The van der Waals surface area contributed by atoms with Crippen molar-refractivity contribution >= 4 is 33.7 Å². The third kappa shape index (κ3) is 4.49. The Morgan fingerprint density at radius 2 is 2.04 bits per heavy atom. The number of nitrogens with zero attached hydrogens (tertiary/aromatic N) is 2. The lowest BCUT2D eigenvalue weighted by Gasteiger charge is -2.00. The van der Waals surface area contributed by atoms with E-state index in [0.717, 1.165) is 10.9 Å². The molecule has 142 valence electrons. The lowest BCUT2D eigenvalue weighted by molar-refractivity contribution is -0.115. The number of furan rings is 1. The summed E-state index contributed by atoms with van der Waals surface area (Å²) in [5, 5.41) is 5.68. The first-order valence-electron chi connectivity index (χ1n) is 8.23. The molecule has 0 radical (unpaired) electrons. The molecule has 9 heteroatoms. The van der Waals surface area contributed by atoms with E-state index in [4.69, 9.17) is 4.42 Å². The number of halogens is 2. The van der Waals surface area contributed by atoms with Gasteiger partial charge in [-0.25, -0.2) is 18.7 Å². The number of carbonyl (C=O) groups excluding carboxylic acids is 1. The van der Waals surface area contributed by atoms with Gasteiger partial charge < -0.3 is 9.73 Å². The minimum absolute atomic E-state index is 0.112. The Morgan fingerprint density at radius 3 is 2.79 bits per heavy atom. The molecule has 0 spiro atoms. The number of thiazole rings is 2. The normalized spacial score (nSPS) is 10.9. The average Bonchev–Trinajstić information content (AvgIpc) is 3.35. The molecular weight excluding hydrogens is 404 g/mol. The van der Waals surface area contributed by atoms with Gasteiger partial charge in [0.05, 0.1) is 18.4 Å². The summed E-state index contributed by atoms with van der Waals surface area (Å²) in [6.07, 6.45) is 3.60. The Morgan fingerprint density at radius 1 is 1.21 bits per heavy atom. The summed E-state index contributed by atoms with van der Waals surface area (Å²) in [6.45, 7) is 0. The summed E-state index contributed by atoms with van der Waals surface area (Å²) >= 11 is 2.66. The van der Waals surface area contributed by atoms with Crippen LogP contribution in [-0.2, 0) is 17.6 Å². The number of carbonyl (C=O) groups is 1. The van der Waals surface area contributed by atoms with Crippen LogP contribution in [0.25, 0.3) is 10.8 Å². The number of anilines is 1. The Bertz CT molecular complexity index is 1090. The van der Waals surface area contributed by atoms with E-state index in [0.29, 0.717) is 33.6 Å². The predicted octanol–water partition coefficient (Wildman–Crippen LogP) is 4.91. The van der Waals surface area contributed by atoms with Gasteiger partial charge in [0.2, 0.25) is 5.91 Å². The molecule has 4 aromatic rings. The summed E-state index contributed by atoms with van der Waals surface area (Å²) in [7, 11) is 0. The molecule has 28 heavy (non-hydrogen) atoms. The highest BCUT2D eigenvalue weighted by molar-refractivity contribution is 7.15. The Labute approximate surface area is 166 Å². The van der Waals surface area contributed by atoms with E-state index in [9.17, 15) is 13.6 Å². The minimum atomic E-state index is -0.620. The zero-order valence-corrected chi connectivity index (χ0v) is 15.9. The van der Waals surface area contributed by atoms with Gasteiger partial charge >= 0.3 is 0 Å². The molecule has 0 bridgehead atoms. The van der Waals surface area contributed by atoms with Crippen LogP contribution in [0.3, 0.4) is 0 Å². The molecular formula is C19H13F2N3O2S2. The third-order valence-electron chi connectivity index (χ3n) is 3.73. The second-order valence-electron chi connectivity index (χ2n) is 5.93. The van der Waals surface area contributed by atoms with E-state index in [1.165, 1.54) is 34.8 Å². The van der Waals surface area contributed by atoms with Crippen LogP contribution in [0.15, 0.2) is 52.6 Å². The van der Waals surface area contributed by atoms with Crippen LogP contribution in [-0.4, -0.2) is 15.9 Å². The number of aromatic nitrogens is 2. The van der Waals surface area contributed by atoms with Crippen molar-refractivity contribution in [2.24, 2.45) is 0 Å². The van der Waals surface area contributed by atoms with E-state index >= 15 is 0 Å². The molecule has 0 aliphatic heterocycles. The second-order valence-corrected chi connectivity index (χ2v) is 7.91. The van der Waals surface area contributed by atoms with Gasteiger partial charge in [0, 0.05) is 28.9 Å². The van der Waals surface area contributed by atoms with E-state index in [1.807, 2.05) is 11.4 Å². The molecule has 0 unspecified atom stereocenters. The van der Waals surface area contributed by atoms with Gasteiger partial charge in [-0.05, 0) is 29.8 Å². The SMILES string of the molecule is O=C(Cc1csc(-c2ccco2)n1)Nc1ncc(Cc2cc(F)cc(F)c2)s1. The molecule has 4 rings (SSSR count). The van der Waals surface area contributed by atoms with Gasteiger partial charge in [0.15, 0.2) is 15.9 Å². The molecule has 0 saturated heterocycles. The van der Waals surface area contributed by atoms with Crippen molar-refractivity contribution in [3.63, 3.8) is 0 Å². The van der Waals surface area contributed by atoms with Crippen LogP contribution in [0.4, 0.5) is 13.9 Å². The average molecular weight is 417 g/mol. The lowest BCUT2D eigenvalue weighted by Crippen LogP contribution is -2.14. The highest BCUT2D eigenvalue weighted by atomic mass is 32.1. The van der Waals surface area contributed by atoms with Gasteiger partial charge in [-0.2, -0.15) is 0 Å². The van der Waals surface area contributed by atoms with Crippen molar-refractivity contribution in [3.8, 4) is 10.8 Å². The van der Waals surface area contributed by atoms with Crippen LogP contribution >= 0.6 is 22.7 Å². The maximum absolute atomic E-state index is 13.3. The minimum Gasteiger partial charge on any atom is -0.462 e. The van der Waals surface area contributed by atoms with Gasteiger partial charge in [-0.1, -0.05) is 0 Å². The molecule has 0 atom stereocenters. The highest BCUT2D eigenvalue weighted by Crippen LogP contribution is 2.25. The fourth-order valence-corrected chi connectivity index (χ4v) is 4.24. The van der Waals surface area contributed by atoms with Crippen molar-refractivity contribution in [2.75, 3.05) is 5.32 Å². The molecule has 0 saturated carbocycles. The standard InChI is InChI=1S/C19H13F2N3O2S2/c20-12-4-11(5-13(21)7-12)6-15-9-22-19(28-15)24-17(25)8-14-10-27-18(23-14)16-2-1-3-26-16/h1-5,7,9-10H,6,8H2,(H,22,24,25). The molecule has 3 heterocycles. The number of benzene rings is 1. The molecule has 5 nitrogen and oxygen atoms in total. The van der Waals surface area contributed by atoms with E-state index in [2.05, 4.69) is 15.3 Å². The summed E-state index contributed by atoms with van der Waals surface area (Å²) in [6, 6.07) is 6.98. The van der Waals surface area contributed by atoms with Crippen LogP contribution in [0.5, 0.6) is 0 Å². The van der Waals surface area contributed by atoms with Gasteiger partial charge in [0.1, 0.15) is 11.6 Å². The fourth-order valence-electron chi connectivity index (χ4n) is 2.59. The molecule has 1 aromatic carbocycles. The summed E-state index contributed by atoms with van der Waals surface area (Å²) < 4.78 is 31.9. The first-order chi connectivity index (χ1) is 13.5. The molecule has 0 aliphatic carbocycles. The number of hydrogen-bond acceptors (Lipinski definition) is 6. The number of hydrogen-bond donors (Lipinski definition) is 1. The van der Waals surface area contributed by atoms with Crippen molar-refractivity contribution in [1.29, 1.82) is 0 Å². The smallest absolute Gasteiger partial charge is 0.232 e. The number of rotatable bonds is 6. The lowest BCUT2D eigenvalue weighted by atomic mass is 10.1. The predicted molar refractivity (Wildman–Crippen MR) is 103 cm³/mol. The molecule has 3 aromatic heterocycles. The first kappa shape index (κ1) is 18.5. The summed E-state index contributed by atoms with van der Waals surface area (Å²) in [5.74, 6) is -0.820. The Balaban J connectivity index is 1.36. The molecule has 0 fully saturated rings. The van der Waals surface area contributed by atoms with E-state index < -0.39 is 11.6 Å². The molecule has 1 N–H and O–H groups in total. The van der Waals surface area contributed by atoms with Crippen LogP contribution in [0.1, 0.15) is 16.1 Å². The van der Waals surface area contributed by atoms with Gasteiger partial charge in [0.25, 0.3) is 0 Å². The topological polar surface area (TPSA) is 68.0 Å². The van der Waals surface area contributed by atoms with E-state index in [1.54, 1.807) is 18.5 Å². The quantitative estimate of drug-likeness (QED) is 0.484. The van der Waals surface area contributed by atoms with Crippen molar-refractivity contribution < 1.29 is 18.0 Å². The fraction of sp³-hybridized carbons (Fsp3) is 0.105. The zero-order chi connectivity index (χ0) is 19.5. The van der Waals surface area contributed by atoms with Gasteiger partial charge in [-0.3, -0.25) is 4.79 Å². The van der Waals surface area contributed by atoms with Crippen molar-refractivity contribution in [3.05, 3.63) is 75.9 Å². The Kier molecular flexibility index (Phi) is 5.27. The summed E-state index contributed by atoms with van der Waals surface area (Å²) in [4.78, 5) is 21.6. The van der Waals surface area contributed by atoms with E-state index in [-0.39, 0.29) is 12.3 Å².